The van der Waals surface area contributed by atoms with Crippen LogP contribution in [0, 0.1) is 6.92 Å². The van der Waals surface area contributed by atoms with Crippen molar-refractivity contribution in [3.05, 3.63) is 74.9 Å². The summed E-state index contributed by atoms with van der Waals surface area (Å²) in [5.74, 6) is 0.645. The fraction of sp³-hybridized carbons (Fsp3) is 0.111. The van der Waals surface area contributed by atoms with Crippen LogP contribution < -0.4 is 10.6 Å². The van der Waals surface area contributed by atoms with Crippen molar-refractivity contribution < 1.29 is 0 Å². The number of hydrogen-bond donors (Lipinski definition) is 2. The van der Waals surface area contributed by atoms with E-state index in [0.717, 1.165) is 11.3 Å². The SMILES string of the molecule is Cc1cc(NC(=S)Nc2cc(Cl)ccc2Cl)nn1Cc1ccc(Cl)cc1. The predicted octanol–water partition coefficient (Wildman–Crippen LogP) is 6.01. The molecule has 3 rings (SSSR count). The molecule has 8 heteroatoms. The highest BCUT2D eigenvalue weighted by atomic mass is 35.5. The molecule has 0 radical (unpaired) electrons. The summed E-state index contributed by atoms with van der Waals surface area (Å²) in [6, 6.07) is 14.7. The molecule has 0 aliphatic carbocycles. The van der Waals surface area contributed by atoms with Crippen LogP contribution in [0.2, 0.25) is 15.1 Å². The summed E-state index contributed by atoms with van der Waals surface area (Å²) in [4.78, 5) is 0. The zero-order valence-corrected chi connectivity index (χ0v) is 16.8. The van der Waals surface area contributed by atoms with E-state index in [4.69, 9.17) is 47.0 Å². The lowest BCUT2D eigenvalue weighted by molar-refractivity contribution is 0.668. The van der Waals surface area contributed by atoms with Crippen LogP contribution >= 0.6 is 47.0 Å². The average molecular weight is 426 g/mol. The molecule has 0 fully saturated rings. The first-order chi connectivity index (χ1) is 12.4. The Hall–Kier alpha value is -1.79. The standard InChI is InChI=1S/C18H15Cl3N4S/c1-11-8-17(24-25(11)10-12-2-4-13(19)5-3-12)23-18(26)22-16-9-14(20)6-7-15(16)21/h2-9H,10H2,1H3,(H2,22,23,24,26). The van der Waals surface area contributed by atoms with Gasteiger partial charge in [0.15, 0.2) is 10.9 Å². The topological polar surface area (TPSA) is 41.9 Å². The normalized spacial score (nSPS) is 10.6. The minimum Gasteiger partial charge on any atom is -0.331 e. The second-order valence-corrected chi connectivity index (χ2v) is 7.35. The second-order valence-electron chi connectivity index (χ2n) is 5.66. The summed E-state index contributed by atoms with van der Waals surface area (Å²) in [6.45, 7) is 2.63. The number of rotatable bonds is 4. The van der Waals surface area contributed by atoms with Crippen LogP contribution in [0.4, 0.5) is 11.5 Å². The number of nitrogens with one attached hydrogen (secondary N) is 2. The number of halogens is 3. The van der Waals surface area contributed by atoms with E-state index in [9.17, 15) is 0 Å². The number of benzene rings is 2. The summed E-state index contributed by atoms with van der Waals surface area (Å²) < 4.78 is 1.89. The molecule has 0 atom stereocenters. The number of hydrogen-bond acceptors (Lipinski definition) is 2. The molecule has 0 saturated heterocycles. The van der Waals surface area contributed by atoms with Gasteiger partial charge in [-0.2, -0.15) is 5.10 Å². The Balaban J connectivity index is 1.67. The van der Waals surface area contributed by atoms with Gasteiger partial charge in [-0.25, -0.2) is 0 Å². The molecule has 1 aromatic heterocycles. The van der Waals surface area contributed by atoms with Gasteiger partial charge in [-0.05, 0) is 55.0 Å². The summed E-state index contributed by atoms with van der Waals surface area (Å²) in [5, 5.41) is 12.8. The van der Waals surface area contributed by atoms with Gasteiger partial charge in [0.05, 0.1) is 17.3 Å². The van der Waals surface area contributed by atoms with Crippen molar-refractivity contribution in [1.29, 1.82) is 0 Å². The number of aromatic nitrogens is 2. The Morgan fingerprint density at radius 1 is 1.00 bits per heavy atom. The van der Waals surface area contributed by atoms with Crippen molar-refractivity contribution in [1.82, 2.24) is 9.78 Å². The highest BCUT2D eigenvalue weighted by molar-refractivity contribution is 7.80. The Labute approximate surface area is 172 Å². The minimum atomic E-state index is 0.380. The lowest BCUT2D eigenvalue weighted by Crippen LogP contribution is -2.19. The lowest BCUT2D eigenvalue weighted by atomic mass is 10.2. The number of nitrogens with zero attached hydrogens (tertiary/aromatic N) is 2. The van der Waals surface area contributed by atoms with E-state index < -0.39 is 0 Å². The van der Waals surface area contributed by atoms with Gasteiger partial charge >= 0.3 is 0 Å². The van der Waals surface area contributed by atoms with Crippen LogP contribution in [0.5, 0.6) is 0 Å². The number of aryl methyl sites for hydroxylation is 1. The molecule has 134 valence electrons. The first-order valence-electron chi connectivity index (χ1n) is 7.72. The molecule has 0 unspecified atom stereocenters. The minimum absolute atomic E-state index is 0.380. The summed E-state index contributed by atoms with van der Waals surface area (Å²) in [7, 11) is 0. The molecule has 0 amide bonds. The number of thiocarbonyl (C=S) groups is 1. The molecule has 26 heavy (non-hydrogen) atoms. The molecular weight excluding hydrogens is 411 g/mol. The Kier molecular flexibility index (Phi) is 6.04. The fourth-order valence-electron chi connectivity index (χ4n) is 2.36. The number of anilines is 2. The maximum Gasteiger partial charge on any atom is 0.176 e. The van der Waals surface area contributed by atoms with Crippen LogP contribution in [0.1, 0.15) is 11.3 Å². The van der Waals surface area contributed by atoms with Gasteiger partial charge in [-0.15, -0.1) is 0 Å². The van der Waals surface area contributed by atoms with Gasteiger partial charge in [-0.1, -0.05) is 46.9 Å². The van der Waals surface area contributed by atoms with Crippen LogP contribution in [-0.4, -0.2) is 14.9 Å². The van der Waals surface area contributed by atoms with Crippen molar-refractivity contribution >= 4 is 63.6 Å². The van der Waals surface area contributed by atoms with E-state index >= 15 is 0 Å². The maximum absolute atomic E-state index is 6.14. The van der Waals surface area contributed by atoms with E-state index in [-0.39, 0.29) is 0 Å². The first-order valence-corrected chi connectivity index (χ1v) is 9.27. The molecule has 3 aromatic rings. The first kappa shape index (κ1) is 19.0. The second kappa shape index (κ2) is 8.27. The quantitative estimate of drug-likeness (QED) is 0.502. The Morgan fingerprint density at radius 3 is 2.42 bits per heavy atom. The third-order valence-corrected chi connectivity index (χ3v) is 4.67. The van der Waals surface area contributed by atoms with Crippen molar-refractivity contribution in [2.24, 2.45) is 0 Å². The molecule has 0 aliphatic rings. The lowest BCUT2D eigenvalue weighted by Gasteiger charge is -2.10. The van der Waals surface area contributed by atoms with Crippen molar-refractivity contribution in [2.45, 2.75) is 13.5 Å². The molecular formula is C18H15Cl3N4S. The summed E-state index contributed by atoms with van der Waals surface area (Å²) in [5.41, 5.74) is 2.75. The van der Waals surface area contributed by atoms with Gasteiger partial charge in [0.25, 0.3) is 0 Å². The van der Waals surface area contributed by atoms with E-state index in [0.29, 0.717) is 38.2 Å². The third-order valence-electron chi connectivity index (χ3n) is 3.64. The van der Waals surface area contributed by atoms with Gasteiger partial charge in [0.2, 0.25) is 0 Å². The van der Waals surface area contributed by atoms with Crippen LogP contribution in [-0.2, 0) is 6.54 Å². The highest BCUT2D eigenvalue weighted by Crippen LogP contribution is 2.25. The molecule has 1 heterocycles. The maximum atomic E-state index is 6.14. The van der Waals surface area contributed by atoms with Crippen molar-refractivity contribution in [3.63, 3.8) is 0 Å². The van der Waals surface area contributed by atoms with Crippen LogP contribution in [0.3, 0.4) is 0 Å². The molecule has 0 aliphatic heterocycles. The van der Waals surface area contributed by atoms with E-state index in [2.05, 4.69) is 15.7 Å². The highest BCUT2D eigenvalue weighted by Gasteiger charge is 2.08. The van der Waals surface area contributed by atoms with Crippen LogP contribution in [0.25, 0.3) is 0 Å². The summed E-state index contributed by atoms with van der Waals surface area (Å²) >= 11 is 23.4. The van der Waals surface area contributed by atoms with Gasteiger partial charge < -0.3 is 10.6 Å². The monoisotopic (exact) mass is 424 g/mol. The largest absolute Gasteiger partial charge is 0.331 e. The fourth-order valence-corrected chi connectivity index (χ4v) is 3.03. The van der Waals surface area contributed by atoms with Gasteiger partial charge in [0, 0.05) is 21.8 Å². The zero-order valence-electron chi connectivity index (χ0n) is 13.8. The molecule has 0 saturated carbocycles. The predicted molar refractivity (Wildman–Crippen MR) is 114 cm³/mol. The molecule has 2 aromatic carbocycles. The zero-order chi connectivity index (χ0) is 18.7. The Bertz CT molecular complexity index is 938. The van der Waals surface area contributed by atoms with E-state index in [1.807, 2.05) is 41.9 Å². The average Bonchev–Trinajstić information content (AvgIpc) is 2.92. The molecule has 0 bridgehead atoms. The molecule has 2 N–H and O–H groups in total. The Morgan fingerprint density at radius 2 is 1.69 bits per heavy atom. The van der Waals surface area contributed by atoms with Gasteiger partial charge in [0.1, 0.15) is 0 Å². The van der Waals surface area contributed by atoms with Crippen LogP contribution in [0.15, 0.2) is 48.5 Å². The molecule has 0 spiro atoms. The smallest absolute Gasteiger partial charge is 0.176 e. The van der Waals surface area contributed by atoms with E-state index in [1.54, 1.807) is 18.2 Å². The molecule has 4 nitrogen and oxygen atoms in total. The van der Waals surface area contributed by atoms with E-state index in [1.165, 1.54) is 0 Å². The summed E-state index contributed by atoms with van der Waals surface area (Å²) in [6.07, 6.45) is 0. The third kappa shape index (κ3) is 4.89. The van der Waals surface area contributed by atoms with Crippen molar-refractivity contribution in [2.75, 3.05) is 10.6 Å². The van der Waals surface area contributed by atoms with Crippen molar-refractivity contribution in [3.8, 4) is 0 Å². The van der Waals surface area contributed by atoms with Gasteiger partial charge in [-0.3, -0.25) is 4.68 Å².